The molecule has 1 N–H and O–H groups in total. The lowest BCUT2D eigenvalue weighted by Gasteiger charge is -2.15. The zero-order chi connectivity index (χ0) is 25.3. The number of aromatic nitrogens is 1. The minimum absolute atomic E-state index is 1.07. The Hall–Kier alpha value is -5.08. The maximum atomic E-state index is 3.55. The normalized spacial score (nSPS) is 11.2. The Morgan fingerprint density at radius 1 is 0.368 bits per heavy atom. The van der Waals surface area contributed by atoms with Gasteiger partial charge in [-0.05, 0) is 59.2 Å². The number of anilines is 2. The zero-order valence-corrected chi connectivity index (χ0v) is 20.9. The number of para-hydroxylation sites is 3. The Balaban J connectivity index is 1.22. The van der Waals surface area contributed by atoms with Gasteiger partial charge in [0.15, 0.2) is 0 Å². The second kappa shape index (κ2) is 9.42. The van der Waals surface area contributed by atoms with Crippen LogP contribution in [0, 0.1) is 0 Å². The molecule has 0 aliphatic heterocycles. The van der Waals surface area contributed by atoms with Crippen molar-refractivity contribution in [3.8, 4) is 27.9 Å². The fourth-order valence-electron chi connectivity index (χ4n) is 5.37. The summed E-state index contributed by atoms with van der Waals surface area (Å²) in [5.74, 6) is 0. The Labute approximate surface area is 222 Å². The van der Waals surface area contributed by atoms with Crippen LogP contribution in [0.1, 0.15) is 0 Å². The van der Waals surface area contributed by atoms with Gasteiger partial charge < -0.3 is 9.88 Å². The maximum Gasteiger partial charge on any atom is 0.0541 e. The SMILES string of the molecule is c1ccc(-c2ccc(Nc3ccc(-c4ccccc4-n4c5ccccc5c5ccccc54)cc3)cc2)cc1. The van der Waals surface area contributed by atoms with E-state index in [0.29, 0.717) is 0 Å². The van der Waals surface area contributed by atoms with Crippen LogP contribution in [0.15, 0.2) is 152 Å². The molecule has 0 radical (unpaired) electrons. The van der Waals surface area contributed by atoms with Crippen LogP contribution in [0.3, 0.4) is 0 Å². The number of nitrogens with zero attached hydrogens (tertiary/aromatic N) is 1. The van der Waals surface area contributed by atoms with E-state index in [9.17, 15) is 0 Å². The molecule has 0 spiro atoms. The number of nitrogens with one attached hydrogen (secondary N) is 1. The van der Waals surface area contributed by atoms with Crippen LogP contribution in [0.5, 0.6) is 0 Å². The van der Waals surface area contributed by atoms with Gasteiger partial charge in [0, 0.05) is 27.7 Å². The van der Waals surface area contributed by atoms with E-state index in [1.54, 1.807) is 0 Å². The molecule has 180 valence electrons. The summed E-state index contributed by atoms with van der Waals surface area (Å²) < 4.78 is 2.39. The largest absolute Gasteiger partial charge is 0.356 e. The standard InChI is InChI=1S/C36H26N2/c1-2-10-26(11-3-1)27-18-22-29(23-19-27)37-30-24-20-28(21-25-30)31-12-4-7-15-34(31)38-35-16-8-5-13-32(35)33-14-6-9-17-36(33)38/h1-25,37H. The van der Waals surface area contributed by atoms with Crippen molar-refractivity contribution in [2.24, 2.45) is 0 Å². The van der Waals surface area contributed by atoms with Gasteiger partial charge in [0.2, 0.25) is 0 Å². The van der Waals surface area contributed by atoms with Crippen molar-refractivity contribution in [1.82, 2.24) is 4.57 Å². The Kier molecular flexibility index (Phi) is 5.49. The van der Waals surface area contributed by atoms with Crippen molar-refractivity contribution in [3.63, 3.8) is 0 Å². The molecule has 0 saturated carbocycles. The van der Waals surface area contributed by atoms with Gasteiger partial charge in [-0.2, -0.15) is 0 Å². The van der Waals surface area contributed by atoms with E-state index in [-0.39, 0.29) is 0 Å². The lowest BCUT2D eigenvalue weighted by atomic mass is 10.0. The maximum absolute atomic E-state index is 3.55. The third-order valence-electron chi connectivity index (χ3n) is 7.20. The van der Waals surface area contributed by atoms with Crippen molar-refractivity contribution < 1.29 is 0 Å². The fraction of sp³-hybridized carbons (Fsp3) is 0. The highest BCUT2D eigenvalue weighted by Crippen LogP contribution is 2.36. The first-order valence-corrected chi connectivity index (χ1v) is 13.0. The summed E-state index contributed by atoms with van der Waals surface area (Å²) in [4.78, 5) is 0. The minimum atomic E-state index is 1.07. The lowest BCUT2D eigenvalue weighted by molar-refractivity contribution is 1.18. The number of fused-ring (bicyclic) bond motifs is 3. The molecule has 7 aromatic rings. The van der Waals surface area contributed by atoms with Crippen LogP contribution in [-0.2, 0) is 0 Å². The van der Waals surface area contributed by atoms with Crippen LogP contribution < -0.4 is 5.32 Å². The summed E-state index contributed by atoms with van der Waals surface area (Å²) in [5.41, 5.74) is 10.6. The molecule has 0 aliphatic carbocycles. The highest BCUT2D eigenvalue weighted by atomic mass is 15.0. The first-order chi connectivity index (χ1) is 18.8. The monoisotopic (exact) mass is 486 g/mol. The summed E-state index contributed by atoms with van der Waals surface area (Å²) in [7, 11) is 0. The van der Waals surface area contributed by atoms with Gasteiger partial charge in [-0.25, -0.2) is 0 Å². The number of hydrogen-bond acceptors (Lipinski definition) is 1. The van der Waals surface area contributed by atoms with Crippen LogP contribution in [0.4, 0.5) is 11.4 Å². The van der Waals surface area contributed by atoms with Gasteiger partial charge in [-0.3, -0.25) is 0 Å². The summed E-state index contributed by atoms with van der Waals surface area (Å²) >= 11 is 0. The second-order valence-electron chi connectivity index (χ2n) is 9.53. The summed E-state index contributed by atoms with van der Waals surface area (Å²) in [6, 6.07) is 53.8. The van der Waals surface area contributed by atoms with Gasteiger partial charge in [0.25, 0.3) is 0 Å². The van der Waals surface area contributed by atoms with Crippen molar-refractivity contribution in [1.29, 1.82) is 0 Å². The highest BCUT2D eigenvalue weighted by molar-refractivity contribution is 6.09. The van der Waals surface area contributed by atoms with E-state index in [1.165, 1.54) is 49.7 Å². The topological polar surface area (TPSA) is 17.0 Å². The summed E-state index contributed by atoms with van der Waals surface area (Å²) in [5, 5.41) is 6.09. The van der Waals surface area contributed by atoms with Crippen LogP contribution in [-0.4, -0.2) is 4.57 Å². The molecule has 7 rings (SSSR count). The van der Waals surface area contributed by atoms with Crippen LogP contribution in [0.2, 0.25) is 0 Å². The van der Waals surface area contributed by atoms with Crippen LogP contribution in [0.25, 0.3) is 49.7 Å². The number of rotatable bonds is 5. The quantitative estimate of drug-likeness (QED) is 0.256. The first kappa shape index (κ1) is 22.1. The lowest BCUT2D eigenvalue weighted by Crippen LogP contribution is -1.97. The van der Waals surface area contributed by atoms with Crippen LogP contribution >= 0.6 is 0 Å². The van der Waals surface area contributed by atoms with Gasteiger partial charge in [-0.1, -0.05) is 109 Å². The molecule has 0 aliphatic rings. The van der Waals surface area contributed by atoms with Crippen molar-refractivity contribution in [3.05, 3.63) is 152 Å². The third-order valence-corrected chi connectivity index (χ3v) is 7.20. The van der Waals surface area contributed by atoms with E-state index in [4.69, 9.17) is 0 Å². The molecule has 0 atom stereocenters. The molecular formula is C36H26N2. The molecular weight excluding hydrogens is 460 g/mol. The third kappa shape index (κ3) is 3.93. The molecule has 0 unspecified atom stereocenters. The van der Waals surface area contributed by atoms with Gasteiger partial charge in [-0.15, -0.1) is 0 Å². The van der Waals surface area contributed by atoms with E-state index in [2.05, 4.69) is 155 Å². The molecule has 1 aromatic heterocycles. The molecule has 0 bridgehead atoms. The molecule has 0 saturated heterocycles. The van der Waals surface area contributed by atoms with Crippen molar-refractivity contribution in [2.75, 3.05) is 5.32 Å². The zero-order valence-electron chi connectivity index (χ0n) is 20.9. The molecule has 2 nitrogen and oxygen atoms in total. The molecule has 0 fully saturated rings. The van der Waals surface area contributed by atoms with Gasteiger partial charge >= 0.3 is 0 Å². The first-order valence-electron chi connectivity index (χ1n) is 13.0. The van der Waals surface area contributed by atoms with Crippen molar-refractivity contribution in [2.45, 2.75) is 0 Å². The average molecular weight is 487 g/mol. The smallest absolute Gasteiger partial charge is 0.0541 e. The summed E-state index contributed by atoms with van der Waals surface area (Å²) in [6.07, 6.45) is 0. The predicted molar refractivity (Wildman–Crippen MR) is 161 cm³/mol. The predicted octanol–water partition coefficient (Wildman–Crippen LogP) is 9.86. The second-order valence-corrected chi connectivity index (χ2v) is 9.53. The molecule has 1 heterocycles. The van der Waals surface area contributed by atoms with E-state index >= 15 is 0 Å². The fourth-order valence-corrected chi connectivity index (χ4v) is 5.37. The summed E-state index contributed by atoms with van der Waals surface area (Å²) in [6.45, 7) is 0. The minimum Gasteiger partial charge on any atom is -0.356 e. The molecule has 38 heavy (non-hydrogen) atoms. The van der Waals surface area contributed by atoms with E-state index in [0.717, 1.165) is 11.4 Å². The highest BCUT2D eigenvalue weighted by Gasteiger charge is 2.14. The Bertz CT molecular complexity index is 1810. The van der Waals surface area contributed by atoms with E-state index in [1.807, 2.05) is 6.07 Å². The molecule has 2 heteroatoms. The van der Waals surface area contributed by atoms with Gasteiger partial charge in [0.05, 0.1) is 16.7 Å². The number of hydrogen-bond donors (Lipinski definition) is 1. The Morgan fingerprint density at radius 3 is 1.47 bits per heavy atom. The van der Waals surface area contributed by atoms with E-state index < -0.39 is 0 Å². The van der Waals surface area contributed by atoms with Crippen molar-refractivity contribution >= 4 is 33.2 Å². The molecule has 0 amide bonds. The van der Waals surface area contributed by atoms with Gasteiger partial charge in [0.1, 0.15) is 0 Å². The molecule has 6 aromatic carbocycles. The average Bonchev–Trinajstić information content (AvgIpc) is 3.33. The Morgan fingerprint density at radius 2 is 0.842 bits per heavy atom. The number of benzene rings is 6.